The summed E-state index contributed by atoms with van der Waals surface area (Å²) in [6.45, 7) is 7.76. The standard InChI is InChI=1S/C30H33NO2/c1-3-31(4-2)19-20-33-30(32)27(21-25-15-9-13-23-11-5-7-17-28(23)25)22-26-16-10-14-24-12-6-8-18-29(24)26/h5-18,27H,3-4,19-22H2,1-2H3/p+1. The Morgan fingerprint density at radius 2 is 1.21 bits per heavy atom. The number of hydrogen-bond acceptors (Lipinski definition) is 2. The maximum absolute atomic E-state index is 13.4. The van der Waals surface area contributed by atoms with Crippen LogP contribution in [0.15, 0.2) is 84.9 Å². The van der Waals surface area contributed by atoms with Crippen LogP contribution in [-0.4, -0.2) is 32.2 Å². The van der Waals surface area contributed by atoms with Crippen LogP contribution >= 0.6 is 0 Å². The first-order chi connectivity index (χ1) is 16.2. The fourth-order valence-corrected chi connectivity index (χ4v) is 4.73. The molecule has 0 radical (unpaired) electrons. The Balaban J connectivity index is 1.60. The van der Waals surface area contributed by atoms with Gasteiger partial charge in [-0.25, -0.2) is 0 Å². The molecule has 0 spiro atoms. The number of ether oxygens (including phenoxy) is 1. The highest BCUT2D eigenvalue weighted by Gasteiger charge is 2.23. The third-order valence-electron chi connectivity index (χ3n) is 6.73. The number of fused-ring (bicyclic) bond motifs is 2. The Bertz CT molecular complexity index is 1120. The monoisotopic (exact) mass is 440 g/mol. The molecule has 4 aromatic rings. The Morgan fingerprint density at radius 3 is 1.73 bits per heavy atom. The normalized spacial score (nSPS) is 11.5. The van der Waals surface area contributed by atoms with Crippen molar-refractivity contribution in [1.82, 2.24) is 0 Å². The van der Waals surface area contributed by atoms with E-state index in [0.717, 1.165) is 19.6 Å². The third kappa shape index (κ3) is 5.61. The first-order valence-electron chi connectivity index (χ1n) is 12.1. The molecule has 3 heteroatoms. The molecule has 0 aliphatic carbocycles. The van der Waals surface area contributed by atoms with Crippen LogP contribution in [-0.2, 0) is 22.4 Å². The van der Waals surface area contributed by atoms with Crippen LogP contribution < -0.4 is 4.90 Å². The van der Waals surface area contributed by atoms with Crippen molar-refractivity contribution in [2.24, 2.45) is 5.92 Å². The summed E-state index contributed by atoms with van der Waals surface area (Å²) in [7, 11) is 0. The van der Waals surface area contributed by atoms with Crippen molar-refractivity contribution >= 4 is 27.5 Å². The van der Waals surface area contributed by atoms with Crippen molar-refractivity contribution in [3.63, 3.8) is 0 Å². The predicted molar refractivity (Wildman–Crippen MR) is 137 cm³/mol. The van der Waals surface area contributed by atoms with E-state index < -0.39 is 0 Å². The number of carbonyl (C=O) groups is 1. The molecular formula is C30H34NO2+. The van der Waals surface area contributed by atoms with Gasteiger partial charge in [-0.2, -0.15) is 0 Å². The Labute approximate surface area is 197 Å². The fraction of sp³-hybridized carbons (Fsp3) is 0.300. The maximum Gasteiger partial charge on any atom is 0.309 e. The maximum atomic E-state index is 13.4. The van der Waals surface area contributed by atoms with Gasteiger partial charge in [0.25, 0.3) is 0 Å². The van der Waals surface area contributed by atoms with Crippen molar-refractivity contribution in [3.8, 4) is 0 Å². The molecular weight excluding hydrogens is 406 g/mol. The summed E-state index contributed by atoms with van der Waals surface area (Å²) in [5.41, 5.74) is 2.40. The number of rotatable bonds is 10. The lowest BCUT2D eigenvalue weighted by Crippen LogP contribution is -3.11. The van der Waals surface area contributed by atoms with Gasteiger partial charge in [0, 0.05) is 0 Å². The molecule has 3 nitrogen and oxygen atoms in total. The largest absolute Gasteiger partial charge is 0.459 e. The van der Waals surface area contributed by atoms with E-state index >= 15 is 0 Å². The topological polar surface area (TPSA) is 30.7 Å². The third-order valence-corrected chi connectivity index (χ3v) is 6.73. The zero-order valence-corrected chi connectivity index (χ0v) is 19.7. The molecule has 0 heterocycles. The minimum Gasteiger partial charge on any atom is -0.459 e. The number of esters is 1. The van der Waals surface area contributed by atoms with Gasteiger partial charge < -0.3 is 9.64 Å². The van der Waals surface area contributed by atoms with E-state index in [1.54, 1.807) is 0 Å². The highest BCUT2D eigenvalue weighted by molar-refractivity contribution is 5.88. The van der Waals surface area contributed by atoms with Crippen LogP contribution in [0.2, 0.25) is 0 Å². The number of nitrogens with one attached hydrogen (secondary N) is 1. The Hall–Kier alpha value is -3.17. The van der Waals surface area contributed by atoms with E-state index in [1.165, 1.54) is 37.6 Å². The molecule has 4 rings (SSSR count). The Morgan fingerprint density at radius 1 is 0.727 bits per heavy atom. The fourth-order valence-electron chi connectivity index (χ4n) is 4.73. The summed E-state index contributed by atoms with van der Waals surface area (Å²) in [4.78, 5) is 14.8. The molecule has 0 unspecified atom stereocenters. The lowest BCUT2D eigenvalue weighted by molar-refractivity contribution is -0.896. The predicted octanol–water partition coefficient (Wildman–Crippen LogP) is 4.86. The average molecular weight is 441 g/mol. The molecule has 0 aliphatic heterocycles. The van der Waals surface area contributed by atoms with Gasteiger partial charge >= 0.3 is 5.97 Å². The number of benzene rings is 4. The van der Waals surface area contributed by atoms with Crippen LogP contribution in [0.5, 0.6) is 0 Å². The van der Waals surface area contributed by atoms with Crippen molar-refractivity contribution < 1.29 is 14.4 Å². The van der Waals surface area contributed by atoms with E-state index in [1.807, 2.05) is 0 Å². The molecule has 0 bridgehead atoms. The minimum atomic E-state index is -0.228. The van der Waals surface area contributed by atoms with Crippen LogP contribution in [0.25, 0.3) is 21.5 Å². The minimum absolute atomic E-state index is 0.0950. The summed E-state index contributed by atoms with van der Waals surface area (Å²) in [5, 5.41) is 4.83. The number of quaternary nitrogens is 1. The number of hydrogen-bond donors (Lipinski definition) is 1. The second kappa shape index (κ2) is 11.1. The van der Waals surface area contributed by atoms with Crippen molar-refractivity contribution in [3.05, 3.63) is 96.1 Å². The summed E-state index contributed by atoms with van der Waals surface area (Å²) >= 11 is 0. The molecule has 0 fully saturated rings. The molecule has 33 heavy (non-hydrogen) atoms. The highest BCUT2D eigenvalue weighted by Crippen LogP contribution is 2.26. The van der Waals surface area contributed by atoms with Gasteiger partial charge in [0.1, 0.15) is 13.2 Å². The lowest BCUT2D eigenvalue weighted by atomic mass is 9.88. The van der Waals surface area contributed by atoms with Crippen LogP contribution in [0.3, 0.4) is 0 Å². The van der Waals surface area contributed by atoms with Gasteiger partial charge in [0.05, 0.1) is 19.0 Å². The first-order valence-corrected chi connectivity index (χ1v) is 12.1. The molecule has 170 valence electrons. The molecule has 1 N–H and O–H groups in total. The molecule has 0 atom stereocenters. The summed E-state index contributed by atoms with van der Waals surface area (Å²) in [6.07, 6.45) is 1.34. The number of likely N-dealkylation sites (N-methyl/N-ethyl adjacent to an activating group) is 1. The number of carbonyl (C=O) groups excluding carboxylic acids is 1. The van der Waals surface area contributed by atoms with Crippen LogP contribution in [0, 0.1) is 5.92 Å². The first kappa shape index (κ1) is 23.0. The van der Waals surface area contributed by atoms with E-state index in [2.05, 4.69) is 98.8 Å². The SMILES string of the molecule is CC[NH+](CC)CCOC(=O)C(Cc1cccc2ccccc12)Cc1cccc2ccccc12. The van der Waals surface area contributed by atoms with Crippen LogP contribution in [0.4, 0.5) is 0 Å². The second-order valence-electron chi connectivity index (χ2n) is 8.76. The summed E-state index contributed by atoms with van der Waals surface area (Å²) in [5.74, 6) is -0.323. The zero-order chi connectivity index (χ0) is 23.0. The van der Waals surface area contributed by atoms with Gasteiger partial charge in [-0.1, -0.05) is 84.9 Å². The quantitative estimate of drug-likeness (QED) is 0.357. The molecule has 0 aromatic heterocycles. The van der Waals surface area contributed by atoms with E-state index in [-0.39, 0.29) is 11.9 Å². The molecule has 0 amide bonds. The second-order valence-corrected chi connectivity index (χ2v) is 8.76. The smallest absolute Gasteiger partial charge is 0.309 e. The summed E-state index contributed by atoms with van der Waals surface area (Å²) in [6, 6.07) is 29.5. The molecule has 0 saturated carbocycles. The van der Waals surface area contributed by atoms with Gasteiger partial charge in [-0.05, 0) is 59.4 Å². The molecule has 0 saturated heterocycles. The van der Waals surface area contributed by atoms with Crippen molar-refractivity contribution in [2.75, 3.05) is 26.2 Å². The van der Waals surface area contributed by atoms with Gasteiger partial charge in [0.2, 0.25) is 0 Å². The highest BCUT2D eigenvalue weighted by atomic mass is 16.5. The van der Waals surface area contributed by atoms with Crippen molar-refractivity contribution in [1.29, 1.82) is 0 Å². The van der Waals surface area contributed by atoms with Crippen LogP contribution in [0.1, 0.15) is 25.0 Å². The van der Waals surface area contributed by atoms with E-state index in [4.69, 9.17) is 4.74 Å². The van der Waals surface area contributed by atoms with Gasteiger partial charge in [0.15, 0.2) is 0 Å². The molecule has 4 aromatic carbocycles. The van der Waals surface area contributed by atoms with Gasteiger partial charge in [-0.15, -0.1) is 0 Å². The zero-order valence-electron chi connectivity index (χ0n) is 19.7. The van der Waals surface area contributed by atoms with Gasteiger partial charge in [-0.3, -0.25) is 4.79 Å². The Kier molecular flexibility index (Phi) is 7.74. The molecule has 0 aliphatic rings. The van der Waals surface area contributed by atoms with E-state index in [0.29, 0.717) is 19.4 Å². The lowest BCUT2D eigenvalue weighted by Gasteiger charge is -2.20. The summed E-state index contributed by atoms with van der Waals surface area (Å²) < 4.78 is 5.85. The van der Waals surface area contributed by atoms with Crippen molar-refractivity contribution in [2.45, 2.75) is 26.7 Å². The van der Waals surface area contributed by atoms with E-state index in [9.17, 15) is 4.79 Å². The average Bonchev–Trinajstić information content (AvgIpc) is 2.86.